The van der Waals surface area contributed by atoms with E-state index in [2.05, 4.69) is 20.8 Å². The van der Waals surface area contributed by atoms with Gasteiger partial charge in [0.1, 0.15) is 5.75 Å². The van der Waals surface area contributed by atoms with Crippen molar-refractivity contribution in [3.8, 4) is 5.75 Å². The van der Waals surface area contributed by atoms with Gasteiger partial charge in [-0.05, 0) is 24.3 Å². The van der Waals surface area contributed by atoms with Crippen LogP contribution in [0.25, 0.3) is 10.8 Å². The van der Waals surface area contributed by atoms with E-state index < -0.39 is 22.9 Å². The second kappa shape index (κ2) is 7.56. The molecule has 27 heavy (non-hydrogen) atoms. The highest BCUT2D eigenvalue weighted by Gasteiger charge is 2.14. The molecule has 2 amide bonds. The summed E-state index contributed by atoms with van der Waals surface area (Å²) < 4.78 is 5.11. The first-order chi connectivity index (χ1) is 13.0. The summed E-state index contributed by atoms with van der Waals surface area (Å²) in [5, 5.41) is 9.65. The Labute approximate surface area is 152 Å². The maximum atomic E-state index is 12.2. The minimum atomic E-state index is -0.551. The van der Waals surface area contributed by atoms with Gasteiger partial charge in [-0.15, -0.1) is 0 Å². The Morgan fingerprint density at radius 2 is 1.74 bits per heavy atom. The second-order valence-corrected chi connectivity index (χ2v) is 5.57. The van der Waals surface area contributed by atoms with Crippen LogP contribution in [-0.2, 0) is 4.79 Å². The molecule has 0 atom stereocenters. The molecular formula is C18H16N4O5. The molecule has 9 nitrogen and oxygen atoms in total. The maximum absolute atomic E-state index is 12.2. The zero-order valence-corrected chi connectivity index (χ0v) is 14.3. The van der Waals surface area contributed by atoms with Gasteiger partial charge in [0.15, 0.2) is 0 Å². The van der Waals surface area contributed by atoms with Crippen LogP contribution in [0, 0.1) is 0 Å². The summed E-state index contributed by atoms with van der Waals surface area (Å²) >= 11 is 0. The van der Waals surface area contributed by atoms with Crippen LogP contribution in [0.5, 0.6) is 5.75 Å². The van der Waals surface area contributed by atoms with E-state index >= 15 is 0 Å². The minimum Gasteiger partial charge on any atom is -0.496 e. The number of carbonyl (C=O) groups is 2. The molecule has 3 aromatic rings. The molecule has 0 saturated carbocycles. The Morgan fingerprint density at radius 1 is 1.00 bits per heavy atom. The van der Waals surface area contributed by atoms with E-state index in [0.717, 1.165) is 0 Å². The number of hydrogen-bond donors (Lipinski definition) is 4. The van der Waals surface area contributed by atoms with Crippen molar-refractivity contribution >= 4 is 28.3 Å². The predicted octanol–water partition coefficient (Wildman–Crippen LogP) is 0.593. The molecule has 0 bridgehead atoms. The number of anilines is 1. The van der Waals surface area contributed by atoms with Gasteiger partial charge in [0.05, 0.1) is 35.7 Å². The van der Waals surface area contributed by atoms with Crippen molar-refractivity contribution in [3.05, 3.63) is 68.7 Å². The van der Waals surface area contributed by atoms with Crippen molar-refractivity contribution in [1.29, 1.82) is 0 Å². The maximum Gasteiger partial charge on any atom is 0.272 e. The summed E-state index contributed by atoms with van der Waals surface area (Å²) in [4.78, 5) is 48.2. The molecule has 0 spiro atoms. The number of hydrogen-bond acceptors (Lipinski definition) is 5. The van der Waals surface area contributed by atoms with E-state index in [1.54, 1.807) is 30.3 Å². The molecule has 138 valence electrons. The van der Waals surface area contributed by atoms with Gasteiger partial charge in [-0.25, -0.2) is 0 Å². The molecule has 9 heteroatoms. The summed E-state index contributed by atoms with van der Waals surface area (Å²) in [6.45, 7) is -0.325. The van der Waals surface area contributed by atoms with Gasteiger partial charge < -0.3 is 15.4 Å². The molecular weight excluding hydrogens is 352 g/mol. The Hall–Kier alpha value is -3.88. The van der Waals surface area contributed by atoms with Crippen LogP contribution in [0.15, 0.2) is 52.1 Å². The number of nitrogens with one attached hydrogen (secondary N) is 4. The third kappa shape index (κ3) is 3.71. The number of aromatic amines is 2. The van der Waals surface area contributed by atoms with Crippen LogP contribution in [0.2, 0.25) is 0 Å². The zero-order chi connectivity index (χ0) is 19.4. The number of ether oxygens (including phenoxy) is 1. The van der Waals surface area contributed by atoms with Crippen LogP contribution in [-0.4, -0.2) is 35.7 Å². The van der Waals surface area contributed by atoms with E-state index in [1.165, 1.54) is 19.2 Å². The Balaban J connectivity index is 1.75. The fraction of sp³-hybridized carbons (Fsp3) is 0.111. The number of aromatic nitrogens is 2. The third-order valence-electron chi connectivity index (χ3n) is 3.86. The van der Waals surface area contributed by atoms with Crippen LogP contribution in [0.3, 0.4) is 0 Å². The van der Waals surface area contributed by atoms with E-state index in [0.29, 0.717) is 11.3 Å². The van der Waals surface area contributed by atoms with E-state index in [9.17, 15) is 19.2 Å². The van der Waals surface area contributed by atoms with Crippen LogP contribution >= 0.6 is 0 Å². The molecule has 0 saturated heterocycles. The quantitative estimate of drug-likeness (QED) is 0.523. The van der Waals surface area contributed by atoms with Crippen molar-refractivity contribution in [2.45, 2.75) is 0 Å². The average molecular weight is 368 g/mol. The van der Waals surface area contributed by atoms with Crippen molar-refractivity contribution in [1.82, 2.24) is 15.5 Å². The van der Waals surface area contributed by atoms with Gasteiger partial charge in [0.2, 0.25) is 5.91 Å². The number of para-hydroxylation sites is 1. The fourth-order valence-corrected chi connectivity index (χ4v) is 2.62. The van der Waals surface area contributed by atoms with Crippen molar-refractivity contribution < 1.29 is 14.3 Å². The van der Waals surface area contributed by atoms with Gasteiger partial charge in [0.25, 0.3) is 17.0 Å². The molecule has 2 aromatic carbocycles. The number of H-pyrrole nitrogens is 2. The fourth-order valence-electron chi connectivity index (χ4n) is 2.62. The predicted molar refractivity (Wildman–Crippen MR) is 99.1 cm³/mol. The van der Waals surface area contributed by atoms with E-state index in [-0.39, 0.29) is 23.0 Å². The molecule has 0 aliphatic heterocycles. The van der Waals surface area contributed by atoms with Crippen molar-refractivity contribution in [2.75, 3.05) is 19.0 Å². The molecule has 4 N–H and O–H groups in total. The zero-order valence-electron chi connectivity index (χ0n) is 14.3. The number of rotatable bonds is 5. The monoisotopic (exact) mass is 368 g/mol. The largest absolute Gasteiger partial charge is 0.496 e. The molecule has 0 aliphatic carbocycles. The highest BCUT2D eigenvalue weighted by atomic mass is 16.5. The smallest absolute Gasteiger partial charge is 0.272 e. The molecule has 3 rings (SSSR count). The lowest BCUT2D eigenvalue weighted by atomic mass is 10.1. The molecule has 1 heterocycles. The average Bonchev–Trinajstić information content (AvgIpc) is 2.69. The standard InChI is InChI=1S/C18H16N4O5/c1-27-13-8-3-2-5-10(13)16(24)19-9-14(23)20-12-7-4-6-11-15(12)18(26)22-21-17(11)25/h2-8H,9H2,1H3,(H,19,24)(H,20,23)(H,21,25)(H,22,26). The normalized spacial score (nSPS) is 10.4. The summed E-state index contributed by atoms with van der Waals surface area (Å²) in [5.41, 5.74) is -0.555. The first-order valence-electron chi connectivity index (χ1n) is 7.96. The molecule has 1 aromatic heterocycles. The number of carbonyl (C=O) groups excluding carboxylic acids is 2. The molecule has 0 fully saturated rings. The summed E-state index contributed by atoms with van der Waals surface area (Å²) in [5.74, 6) is -0.643. The van der Waals surface area contributed by atoms with Crippen LogP contribution in [0.4, 0.5) is 5.69 Å². The summed E-state index contributed by atoms with van der Waals surface area (Å²) in [6.07, 6.45) is 0. The van der Waals surface area contributed by atoms with E-state index in [1.807, 2.05) is 0 Å². The lowest BCUT2D eigenvalue weighted by Gasteiger charge is -2.10. The molecule has 0 radical (unpaired) electrons. The van der Waals surface area contributed by atoms with Gasteiger partial charge in [-0.3, -0.25) is 29.4 Å². The van der Waals surface area contributed by atoms with Gasteiger partial charge >= 0.3 is 0 Å². The Morgan fingerprint density at radius 3 is 2.52 bits per heavy atom. The van der Waals surface area contributed by atoms with Crippen LogP contribution < -0.4 is 26.5 Å². The van der Waals surface area contributed by atoms with Gasteiger partial charge in [-0.1, -0.05) is 18.2 Å². The summed E-state index contributed by atoms with van der Waals surface area (Å²) in [6, 6.07) is 11.1. The van der Waals surface area contributed by atoms with Crippen LogP contribution in [0.1, 0.15) is 10.4 Å². The summed E-state index contributed by atoms with van der Waals surface area (Å²) in [7, 11) is 1.44. The highest BCUT2D eigenvalue weighted by Crippen LogP contribution is 2.17. The van der Waals surface area contributed by atoms with Crippen molar-refractivity contribution in [2.24, 2.45) is 0 Å². The third-order valence-corrected chi connectivity index (χ3v) is 3.86. The van der Waals surface area contributed by atoms with Crippen molar-refractivity contribution in [3.63, 3.8) is 0 Å². The van der Waals surface area contributed by atoms with Gasteiger partial charge in [-0.2, -0.15) is 0 Å². The SMILES string of the molecule is COc1ccccc1C(=O)NCC(=O)Nc1cccc2c(=O)[nH][nH]c(=O)c12. The Bertz CT molecular complexity index is 1130. The molecule has 0 unspecified atom stereocenters. The number of benzene rings is 2. The lowest BCUT2D eigenvalue weighted by molar-refractivity contribution is -0.115. The first kappa shape index (κ1) is 17.9. The number of methoxy groups -OCH3 is 1. The van der Waals surface area contributed by atoms with E-state index in [4.69, 9.17) is 4.74 Å². The minimum absolute atomic E-state index is 0.0608. The van der Waals surface area contributed by atoms with Gasteiger partial charge in [0, 0.05) is 0 Å². The second-order valence-electron chi connectivity index (χ2n) is 5.57. The highest BCUT2D eigenvalue weighted by molar-refractivity contribution is 6.04. The molecule has 0 aliphatic rings. The first-order valence-corrected chi connectivity index (χ1v) is 7.96. The number of fused-ring (bicyclic) bond motifs is 1. The topological polar surface area (TPSA) is 133 Å². The Kier molecular flexibility index (Phi) is 5.02. The number of amides is 2. The lowest BCUT2D eigenvalue weighted by Crippen LogP contribution is -2.33.